The molecule has 4 heteroatoms. The Morgan fingerprint density at radius 1 is 1.40 bits per heavy atom. The van der Waals surface area contributed by atoms with Crippen molar-refractivity contribution in [3.63, 3.8) is 0 Å². The minimum absolute atomic E-state index is 0.0706. The van der Waals surface area contributed by atoms with Crippen LogP contribution >= 0.6 is 0 Å². The van der Waals surface area contributed by atoms with Crippen molar-refractivity contribution in [3.05, 3.63) is 42.1 Å². The van der Waals surface area contributed by atoms with E-state index >= 15 is 0 Å². The number of nitrogens with zero attached hydrogens (tertiary/aromatic N) is 1. The molecule has 76 valence electrons. The summed E-state index contributed by atoms with van der Waals surface area (Å²) in [5.41, 5.74) is 0.792. The Bertz CT molecular complexity index is 513. The van der Waals surface area contributed by atoms with Crippen LogP contribution in [0.1, 0.15) is 11.7 Å². The lowest BCUT2D eigenvalue weighted by molar-refractivity contribution is -0.143. The monoisotopic (exact) mass is 205 g/mol. The number of carboxylic acid groups (broad SMARTS) is 1. The third-order valence-corrected chi connectivity index (χ3v) is 2.12. The summed E-state index contributed by atoms with van der Waals surface area (Å²) in [5, 5.41) is 9.24. The second kappa shape index (κ2) is 3.65. The smallest absolute Gasteiger partial charge is 0.343 e. The van der Waals surface area contributed by atoms with Gasteiger partial charge in [-0.2, -0.15) is 0 Å². The lowest BCUT2D eigenvalue weighted by Gasteiger charge is -2.04. The lowest BCUT2D eigenvalue weighted by atomic mass is 10.1. The zero-order valence-electron chi connectivity index (χ0n) is 7.72. The zero-order chi connectivity index (χ0) is 10.8. The summed E-state index contributed by atoms with van der Waals surface area (Å²) < 4.78 is 13.1. The van der Waals surface area contributed by atoms with Crippen LogP contribution in [0.5, 0.6) is 0 Å². The molecule has 1 aromatic carbocycles. The van der Waals surface area contributed by atoms with Gasteiger partial charge in [-0.25, -0.2) is 9.18 Å². The van der Waals surface area contributed by atoms with Crippen LogP contribution in [-0.2, 0) is 4.79 Å². The summed E-state index contributed by atoms with van der Waals surface area (Å²) in [6.07, 6.45) is -0.761. The van der Waals surface area contributed by atoms with Crippen LogP contribution in [0.15, 0.2) is 36.5 Å². The number of benzene rings is 1. The first-order valence-electron chi connectivity index (χ1n) is 4.40. The molecule has 2 rings (SSSR count). The molecule has 0 aliphatic heterocycles. The van der Waals surface area contributed by atoms with E-state index in [-0.39, 0.29) is 5.56 Å². The number of hydrogen-bond acceptors (Lipinski definition) is 2. The topological polar surface area (TPSA) is 50.2 Å². The number of para-hydroxylation sites is 1. The summed E-state index contributed by atoms with van der Waals surface area (Å²) in [6, 6.07) is 8.66. The molecular formula is C11H8FNO2. The molecular weight excluding hydrogens is 197 g/mol. The van der Waals surface area contributed by atoms with E-state index in [1.165, 1.54) is 12.3 Å². The van der Waals surface area contributed by atoms with Gasteiger partial charge in [0.05, 0.1) is 5.52 Å². The number of fused-ring (bicyclic) bond motifs is 1. The fourth-order valence-corrected chi connectivity index (χ4v) is 1.37. The van der Waals surface area contributed by atoms with Crippen LogP contribution < -0.4 is 0 Å². The fraction of sp³-hybridized carbons (Fsp3) is 0.0909. The minimum atomic E-state index is -2.01. The van der Waals surface area contributed by atoms with Crippen LogP contribution in [0.3, 0.4) is 0 Å². The Morgan fingerprint density at radius 2 is 2.13 bits per heavy atom. The van der Waals surface area contributed by atoms with Crippen molar-refractivity contribution in [2.45, 2.75) is 6.17 Å². The Morgan fingerprint density at radius 3 is 2.87 bits per heavy atom. The normalized spacial score (nSPS) is 12.6. The first-order chi connectivity index (χ1) is 7.18. The summed E-state index contributed by atoms with van der Waals surface area (Å²) in [7, 11) is 0. The van der Waals surface area contributed by atoms with Gasteiger partial charge in [0.15, 0.2) is 0 Å². The molecule has 1 aromatic heterocycles. The Balaban J connectivity index is 2.51. The number of alkyl halides is 1. The molecule has 0 aliphatic carbocycles. The van der Waals surface area contributed by atoms with E-state index in [4.69, 9.17) is 5.11 Å². The fourth-order valence-electron chi connectivity index (χ4n) is 1.37. The third kappa shape index (κ3) is 1.79. The summed E-state index contributed by atoms with van der Waals surface area (Å²) in [4.78, 5) is 14.4. The second-order valence-electron chi connectivity index (χ2n) is 3.16. The van der Waals surface area contributed by atoms with E-state index in [1.807, 2.05) is 6.07 Å². The van der Waals surface area contributed by atoms with Crippen LogP contribution in [0.4, 0.5) is 4.39 Å². The van der Waals surface area contributed by atoms with Crippen LogP contribution in [0.25, 0.3) is 10.9 Å². The summed E-state index contributed by atoms with van der Waals surface area (Å²) >= 11 is 0. The molecule has 0 spiro atoms. The average Bonchev–Trinajstić information content (AvgIpc) is 2.27. The van der Waals surface area contributed by atoms with Gasteiger partial charge in [-0.1, -0.05) is 18.2 Å². The maximum Gasteiger partial charge on any atom is 0.343 e. The Kier molecular flexibility index (Phi) is 2.33. The van der Waals surface area contributed by atoms with Crippen LogP contribution in [0.2, 0.25) is 0 Å². The van der Waals surface area contributed by atoms with E-state index in [2.05, 4.69) is 4.98 Å². The van der Waals surface area contributed by atoms with Crippen LogP contribution in [-0.4, -0.2) is 16.1 Å². The number of aliphatic carboxylic acids is 1. The van der Waals surface area contributed by atoms with Gasteiger partial charge < -0.3 is 5.11 Å². The first kappa shape index (κ1) is 9.58. The van der Waals surface area contributed by atoms with E-state index < -0.39 is 12.1 Å². The Hall–Kier alpha value is -1.97. The van der Waals surface area contributed by atoms with Crippen LogP contribution in [0, 0.1) is 0 Å². The van der Waals surface area contributed by atoms with E-state index in [0.29, 0.717) is 0 Å². The molecule has 0 radical (unpaired) electrons. The molecule has 1 unspecified atom stereocenters. The highest BCUT2D eigenvalue weighted by Gasteiger charge is 2.18. The molecule has 1 heterocycles. The first-order valence-corrected chi connectivity index (χ1v) is 4.40. The van der Waals surface area contributed by atoms with Crippen molar-refractivity contribution < 1.29 is 14.3 Å². The highest BCUT2D eigenvalue weighted by molar-refractivity contribution is 5.81. The largest absolute Gasteiger partial charge is 0.479 e. The molecule has 0 saturated heterocycles. The number of aromatic nitrogens is 1. The molecule has 0 bridgehead atoms. The molecule has 2 aromatic rings. The van der Waals surface area contributed by atoms with Crippen molar-refractivity contribution in [2.24, 2.45) is 0 Å². The van der Waals surface area contributed by atoms with Gasteiger partial charge in [0.25, 0.3) is 0 Å². The average molecular weight is 205 g/mol. The van der Waals surface area contributed by atoms with Crippen molar-refractivity contribution >= 4 is 16.9 Å². The molecule has 1 atom stereocenters. The quantitative estimate of drug-likeness (QED) is 0.818. The van der Waals surface area contributed by atoms with Gasteiger partial charge in [0, 0.05) is 17.1 Å². The van der Waals surface area contributed by atoms with Crippen molar-refractivity contribution in [1.82, 2.24) is 4.98 Å². The van der Waals surface area contributed by atoms with Gasteiger partial charge in [-0.3, -0.25) is 4.98 Å². The maximum absolute atomic E-state index is 13.1. The SMILES string of the molecule is O=C(O)C(F)c1cnc2ccccc2c1. The van der Waals surface area contributed by atoms with E-state index in [0.717, 1.165) is 10.9 Å². The van der Waals surface area contributed by atoms with Crippen molar-refractivity contribution in [2.75, 3.05) is 0 Å². The lowest BCUT2D eigenvalue weighted by Crippen LogP contribution is -2.06. The highest BCUT2D eigenvalue weighted by Crippen LogP contribution is 2.20. The maximum atomic E-state index is 13.1. The van der Waals surface area contributed by atoms with Gasteiger partial charge in [-0.05, 0) is 12.1 Å². The minimum Gasteiger partial charge on any atom is -0.479 e. The standard InChI is InChI=1S/C11H8FNO2/c12-10(11(14)15)8-5-7-3-1-2-4-9(7)13-6-8/h1-6,10H,(H,14,15). The molecule has 3 nitrogen and oxygen atoms in total. The number of carboxylic acids is 1. The zero-order valence-corrected chi connectivity index (χ0v) is 7.72. The molecule has 0 fully saturated rings. The number of pyridine rings is 1. The second-order valence-corrected chi connectivity index (χ2v) is 3.16. The third-order valence-electron chi connectivity index (χ3n) is 2.12. The molecule has 15 heavy (non-hydrogen) atoms. The van der Waals surface area contributed by atoms with E-state index in [9.17, 15) is 9.18 Å². The van der Waals surface area contributed by atoms with E-state index in [1.54, 1.807) is 18.2 Å². The van der Waals surface area contributed by atoms with Crippen molar-refractivity contribution in [3.8, 4) is 0 Å². The Labute approximate surface area is 85.2 Å². The number of halogens is 1. The van der Waals surface area contributed by atoms with Gasteiger partial charge in [0.1, 0.15) is 0 Å². The van der Waals surface area contributed by atoms with Gasteiger partial charge in [0.2, 0.25) is 6.17 Å². The number of carbonyl (C=O) groups is 1. The summed E-state index contributed by atoms with van der Waals surface area (Å²) in [5.74, 6) is -1.49. The van der Waals surface area contributed by atoms with Gasteiger partial charge >= 0.3 is 5.97 Å². The number of hydrogen-bond donors (Lipinski definition) is 1. The molecule has 0 aliphatic rings. The molecule has 1 N–H and O–H groups in total. The predicted molar refractivity (Wildman–Crippen MR) is 53.2 cm³/mol. The number of rotatable bonds is 2. The molecule has 0 amide bonds. The van der Waals surface area contributed by atoms with Gasteiger partial charge in [-0.15, -0.1) is 0 Å². The highest BCUT2D eigenvalue weighted by atomic mass is 19.1. The molecule has 0 saturated carbocycles. The van der Waals surface area contributed by atoms with Crippen molar-refractivity contribution in [1.29, 1.82) is 0 Å². The predicted octanol–water partition coefficient (Wildman–Crippen LogP) is 2.33. The summed E-state index contributed by atoms with van der Waals surface area (Å²) in [6.45, 7) is 0.